The predicted octanol–water partition coefficient (Wildman–Crippen LogP) is 2.63. The summed E-state index contributed by atoms with van der Waals surface area (Å²) in [5.41, 5.74) is -0.419. The number of urea groups is 1. The fourth-order valence-corrected chi connectivity index (χ4v) is 5.85. The van der Waals surface area contributed by atoms with Crippen LogP contribution in [0.2, 0.25) is 0 Å². The highest BCUT2D eigenvalue weighted by molar-refractivity contribution is 7.99. The summed E-state index contributed by atoms with van der Waals surface area (Å²) in [6, 6.07) is 6.87. The average Bonchev–Trinajstić information content (AvgIpc) is 3.00. The zero-order chi connectivity index (χ0) is 23.4. The number of hydrogen-bond acceptors (Lipinski definition) is 5. The molecule has 3 fully saturated rings. The van der Waals surface area contributed by atoms with Crippen LogP contribution < -0.4 is 10.6 Å². The quantitative estimate of drug-likeness (QED) is 0.507. The molecule has 0 aromatic heterocycles. The topological polar surface area (TPSA) is 98.8 Å². The lowest BCUT2D eigenvalue weighted by Crippen LogP contribution is -2.46. The molecule has 1 atom stereocenters. The molecule has 0 radical (unpaired) electrons. The van der Waals surface area contributed by atoms with Crippen molar-refractivity contribution in [2.45, 2.75) is 55.9 Å². The maximum absolute atomic E-state index is 13.3. The molecule has 0 aliphatic carbocycles. The third kappa shape index (κ3) is 5.34. The normalized spacial score (nSPS) is 24.3. The van der Waals surface area contributed by atoms with Crippen molar-refractivity contribution in [2.75, 3.05) is 31.9 Å². The third-order valence-electron chi connectivity index (χ3n) is 6.80. The average molecular weight is 473 g/mol. The van der Waals surface area contributed by atoms with Gasteiger partial charge in [-0.2, -0.15) is 0 Å². The Hall–Kier alpha value is -2.55. The van der Waals surface area contributed by atoms with Crippen LogP contribution in [-0.4, -0.2) is 71.0 Å². The molecule has 0 saturated carbocycles. The van der Waals surface area contributed by atoms with E-state index in [1.165, 1.54) is 24.6 Å². The van der Waals surface area contributed by atoms with E-state index in [4.69, 9.17) is 0 Å². The van der Waals surface area contributed by atoms with Gasteiger partial charge in [-0.1, -0.05) is 25.0 Å². The molecular formula is C24H32N4O4S. The van der Waals surface area contributed by atoms with Gasteiger partial charge in [0.25, 0.3) is 11.8 Å². The number of thioether (sulfide) groups is 1. The van der Waals surface area contributed by atoms with Crippen LogP contribution in [-0.2, 0) is 9.59 Å². The largest absolute Gasteiger partial charge is 0.342 e. The van der Waals surface area contributed by atoms with Crippen molar-refractivity contribution in [1.82, 2.24) is 20.4 Å². The molecular weight excluding hydrogens is 440 g/mol. The summed E-state index contributed by atoms with van der Waals surface area (Å²) in [5.74, 6) is 0.163. The highest BCUT2D eigenvalue weighted by Gasteiger charge is 2.42. The highest BCUT2D eigenvalue weighted by atomic mass is 32.2. The highest BCUT2D eigenvalue weighted by Crippen LogP contribution is 2.30. The van der Waals surface area contributed by atoms with Gasteiger partial charge in [0, 0.05) is 42.7 Å². The van der Waals surface area contributed by atoms with Crippen molar-refractivity contribution in [2.24, 2.45) is 5.92 Å². The Morgan fingerprint density at radius 3 is 2.30 bits per heavy atom. The first-order valence-electron chi connectivity index (χ1n) is 11.8. The van der Waals surface area contributed by atoms with Crippen molar-refractivity contribution in [3.05, 3.63) is 29.8 Å². The molecule has 2 N–H and O–H groups in total. The van der Waals surface area contributed by atoms with Crippen LogP contribution >= 0.6 is 11.8 Å². The molecule has 1 aromatic rings. The van der Waals surface area contributed by atoms with E-state index < -0.39 is 11.6 Å². The Morgan fingerprint density at radius 2 is 1.67 bits per heavy atom. The lowest BCUT2D eigenvalue weighted by atomic mass is 9.94. The van der Waals surface area contributed by atoms with Crippen LogP contribution in [0.15, 0.2) is 29.2 Å². The molecule has 0 bridgehead atoms. The van der Waals surface area contributed by atoms with Crippen LogP contribution in [0.1, 0.15) is 55.8 Å². The van der Waals surface area contributed by atoms with Gasteiger partial charge in [0.15, 0.2) is 0 Å². The Balaban J connectivity index is 1.36. The number of likely N-dealkylation sites (tertiary alicyclic amines) is 2. The minimum Gasteiger partial charge on any atom is -0.342 e. The van der Waals surface area contributed by atoms with Gasteiger partial charge in [-0.15, -0.1) is 11.8 Å². The second-order valence-electron chi connectivity index (χ2n) is 9.33. The van der Waals surface area contributed by atoms with E-state index in [1.807, 2.05) is 28.0 Å². The molecule has 4 rings (SSSR count). The van der Waals surface area contributed by atoms with Crippen LogP contribution in [0.5, 0.6) is 0 Å². The van der Waals surface area contributed by atoms with E-state index in [-0.39, 0.29) is 23.6 Å². The van der Waals surface area contributed by atoms with Crippen LogP contribution in [0.25, 0.3) is 0 Å². The lowest BCUT2D eigenvalue weighted by Gasteiger charge is -2.34. The van der Waals surface area contributed by atoms with E-state index in [0.717, 1.165) is 30.8 Å². The van der Waals surface area contributed by atoms with E-state index in [9.17, 15) is 19.2 Å². The van der Waals surface area contributed by atoms with Gasteiger partial charge in [0.1, 0.15) is 5.54 Å². The van der Waals surface area contributed by atoms with E-state index in [1.54, 1.807) is 13.0 Å². The van der Waals surface area contributed by atoms with E-state index in [2.05, 4.69) is 10.6 Å². The summed E-state index contributed by atoms with van der Waals surface area (Å²) in [7, 11) is 0. The fourth-order valence-electron chi connectivity index (χ4n) is 4.72. The van der Waals surface area contributed by atoms with Gasteiger partial charge >= 0.3 is 6.03 Å². The number of piperidine rings is 1. The number of rotatable bonds is 5. The molecule has 3 heterocycles. The SMILES string of the molecule is C[C@@]1(CSc2ccccc2C(=O)N2CCC(C(=O)N3CCCCCC3)CC2)NC(=O)NC1=O. The number of nitrogens with zero attached hydrogens (tertiary/aromatic N) is 2. The number of benzene rings is 1. The summed E-state index contributed by atoms with van der Waals surface area (Å²) in [6.07, 6.45) is 5.96. The molecule has 0 unspecified atom stereocenters. The minimum atomic E-state index is -1.01. The minimum absolute atomic E-state index is 0.00112. The first kappa shape index (κ1) is 23.6. The van der Waals surface area contributed by atoms with Crippen molar-refractivity contribution in [3.8, 4) is 0 Å². The Labute approximate surface area is 198 Å². The first-order valence-corrected chi connectivity index (χ1v) is 12.8. The van der Waals surface area contributed by atoms with Crippen LogP contribution in [0, 0.1) is 5.92 Å². The monoisotopic (exact) mass is 472 g/mol. The Morgan fingerprint density at radius 1 is 1.00 bits per heavy atom. The molecule has 0 spiro atoms. The molecule has 9 heteroatoms. The van der Waals surface area contributed by atoms with Gasteiger partial charge in [0.2, 0.25) is 5.91 Å². The van der Waals surface area contributed by atoms with Crippen molar-refractivity contribution >= 4 is 35.5 Å². The number of hydrogen-bond donors (Lipinski definition) is 2. The summed E-state index contributed by atoms with van der Waals surface area (Å²) in [4.78, 5) is 54.5. The van der Waals surface area contributed by atoms with Crippen molar-refractivity contribution < 1.29 is 19.2 Å². The van der Waals surface area contributed by atoms with E-state index in [0.29, 0.717) is 37.2 Å². The smallest absolute Gasteiger partial charge is 0.322 e. The van der Waals surface area contributed by atoms with E-state index >= 15 is 0 Å². The summed E-state index contributed by atoms with van der Waals surface area (Å²) >= 11 is 1.38. The molecule has 1 aromatic carbocycles. The molecule has 5 amide bonds. The lowest BCUT2D eigenvalue weighted by molar-refractivity contribution is -0.136. The predicted molar refractivity (Wildman–Crippen MR) is 126 cm³/mol. The molecule has 3 saturated heterocycles. The van der Waals surface area contributed by atoms with Crippen molar-refractivity contribution in [1.29, 1.82) is 0 Å². The zero-order valence-corrected chi connectivity index (χ0v) is 19.9. The molecule has 8 nitrogen and oxygen atoms in total. The van der Waals surface area contributed by atoms with Crippen molar-refractivity contribution in [3.63, 3.8) is 0 Å². The Kier molecular flexibility index (Phi) is 7.26. The molecule has 178 valence electrons. The summed E-state index contributed by atoms with van der Waals surface area (Å²) < 4.78 is 0. The fraction of sp³-hybridized carbons (Fsp3) is 0.583. The second kappa shape index (κ2) is 10.2. The maximum atomic E-state index is 13.3. The second-order valence-corrected chi connectivity index (χ2v) is 10.3. The first-order chi connectivity index (χ1) is 15.9. The number of carbonyl (C=O) groups excluding carboxylic acids is 4. The molecule has 33 heavy (non-hydrogen) atoms. The third-order valence-corrected chi connectivity index (χ3v) is 8.19. The van der Waals surface area contributed by atoms with Gasteiger partial charge in [-0.3, -0.25) is 19.7 Å². The number of nitrogens with one attached hydrogen (secondary N) is 2. The number of imide groups is 1. The molecule has 3 aliphatic rings. The van der Waals surface area contributed by atoms with Crippen LogP contribution in [0.4, 0.5) is 4.79 Å². The Bertz CT molecular complexity index is 923. The zero-order valence-electron chi connectivity index (χ0n) is 19.1. The van der Waals surface area contributed by atoms with Gasteiger partial charge in [-0.25, -0.2) is 4.79 Å². The molecule has 3 aliphatic heterocycles. The van der Waals surface area contributed by atoms with Gasteiger partial charge < -0.3 is 15.1 Å². The number of carbonyl (C=O) groups is 4. The standard InChI is InChI=1S/C24H32N4O4S/c1-24(22(31)25-23(32)26-24)16-33-19-9-5-4-8-18(19)21(30)28-14-10-17(11-15-28)20(29)27-12-6-2-3-7-13-27/h4-5,8-9,17H,2-3,6-7,10-16H2,1H3,(H2,25,26,31,32)/t24-/m0/s1. The maximum Gasteiger partial charge on any atom is 0.322 e. The summed E-state index contributed by atoms with van der Waals surface area (Å²) in [5, 5.41) is 4.92. The summed E-state index contributed by atoms with van der Waals surface area (Å²) in [6.45, 7) is 4.53. The van der Waals surface area contributed by atoms with Crippen LogP contribution in [0.3, 0.4) is 0 Å². The van der Waals surface area contributed by atoms with Gasteiger partial charge in [-0.05, 0) is 44.7 Å². The van der Waals surface area contributed by atoms with Gasteiger partial charge in [0.05, 0.1) is 5.56 Å². The number of amides is 5.